The number of imide groups is 2. The van der Waals surface area contributed by atoms with Gasteiger partial charge in [-0.05, 0) is 18.4 Å². The maximum Gasteiger partial charge on any atom is 0.334 e. The highest BCUT2D eigenvalue weighted by Crippen LogP contribution is 2.23. The van der Waals surface area contributed by atoms with Gasteiger partial charge >= 0.3 is 17.8 Å². The van der Waals surface area contributed by atoms with Crippen molar-refractivity contribution in [1.82, 2.24) is 14.8 Å². The van der Waals surface area contributed by atoms with Crippen molar-refractivity contribution in [2.45, 2.75) is 26.7 Å². The number of carbonyl (C=O) groups excluding carboxylic acids is 4. The Morgan fingerprint density at radius 3 is 2.48 bits per heavy atom. The number of aromatic nitrogens is 1. The van der Waals surface area contributed by atoms with Crippen molar-refractivity contribution >= 4 is 34.5 Å². The number of H-pyrrole nitrogens is 1. The minimum atomic E-state index is -0.944. The van der Waals surface area contributed by atoms with Crippen LogP contribution in [0.5, 0.6) is 0 Å². The summed E-state index contributed by atoms with van der Waals surface area (Å²) in [6, 6.07) is 4.94. The Bertz CT molecular complexity index is 884. The Morgan fingerprint density at radius 2 is 1.80 bits per heavy atom. The average molecular weight is 341 g/mol. The van der Waals surface area contributed by atoms with E-state index in [9.17, 15) is 19.2 Å². The van der Waals surface area contributed by atoms with Gasteiger partial charge in [-0.25, -0.2) is 9.69 Å². The van der Waals surface area contributed by atoms with Crippen molar-refractivity contribution in [3.8, 4) is 0 Å². The number of aryl methyl sites for hydroxylation is 1. The number of Topliss-reactive ketones (excluding diaryl/α,β-unsaturated/α-hetero) is 1. The molecule has 0 unspecified atom stereocenters. The minimum absolute atomic E-state index is 0.168. The number of nitrogens with one attached hydrogen (secondary N) is 1. The highest BCUT2D eigenvalue weighted by molar-refractivity contribution is 6.45. The third-order valence-corrected chi connectivity index (χ3v) is 4.37. The molecule has 7 heteroatoms. The zero-order valence-electron chi connectivity index (χ0n) is 14.2. The van der Waals surface area contributed by atoms with Gasteiger partial charge in [0.1, 0.15) is 0 Å². The quantitative estimate of drug-likeness (QED) is 0.495. The fourth-order valence-corrected chi connectivity index (χ4v) is 3.08. The number of benzene rings is 1. The molecule has 0 bridgehead atoms. The van der Waals surface area contributed by atoms with E-state index in [1.807, 2.05) is 25.1 Å². The van der Waals surface area contributed by atoms with E-state index >= 15 is 0 Å². The highest BCUT2D eigenvalue weighted by atomic mass is 16.2. The molecule has 1 aliphatic rings. The third-order valence-electron chi connectivity index (χ3n) is 4.37. The Balaban J connectivity index is 1.87. The highest BCUT2D eigenvalue weighted by Gasteiger charge is 2.44. The third kappa shape index (κ3) is 2.71. The van der Waals surface area contributed by atoms with Crippen molar-refractivity contribution < 1.29 is 19.2 Å². The largest absolute Gasteiger partial charge is 0.360 e. The molecule has 1 fully saturated rings. The van der Waals surface area contributed by atoms with E-state index in [1.54, 1.807) is 13.1 Å². The van der Waals surface area contributed by atoms with Crippen molar-refractivity contribution in [3.05, 3.63) is 35.5 Å². The smallest absolute Gasteiger partial charge is 0.334 e. The number of hydrogen-bond acceptors (Lipinski definition) is 4. The first-order chi connectivity index (χ1) is 12.0. The summed E-state index contributed by atoms with van der Waals surface area (Å²) in [6.07, 6.45) is 2.95. The van der Waals surface area contributed by atoms with Gasteiger partial charge in [0.15, 0.2) is 5.78 Å². The van der Waals surface area contributed by atoms with E-state index < -0.39 is 24.4 Å². The lowest BCUT2D eigenvalue weighted by Gasteiger charge is -2.14. The Hall–Kier alpha value is -2.96. The molecule has 1 aliphatic heterocycles. The SMILES string of the molecule is CCCN1C(=O)C(=O)N(CC(=O)c2c[nH]c3c(CC)cccc23)C1=O. The van der Waals surface area contributed by atoms with Crippen LogP contribution in [0.3, 0.4) is 0 Å². The van der Waals surface area contributed by atoms with Gasteiger partial charge in [0.2, 0.25) is 0 Å². The summed E-state index contributed by atoms with van der Waals surface area (Å²) in [7, 11) is 0. The lowest BCUT2D eigenvalue weighted by atomic mass is 10.0. The average Bonchev–Trinajstić information content (AvgIpc) is 3.13. The molecule has 0 radical (unpaired) electrons. The van der Waals surface area contributed by atoms with Crippen LogP contribution in [-0.4, -0.2) is 51.5 Å². The number of hydrogen-bond donors (Lipinski definition) is 1. The summed E-state index contributed by atoms with van der Waals surface area (Å²) < 4.78 is 0. The Kier molecular flexibility index (Phi) is 4.39. The number of para-hydroxylation sites is 1. The van der Waals surface area contributed by atoms with Crippen LogP contribution in [0.15, 0.2) is 24.4 Å². The molecule has 4 amide bonds. The minimum Gasteiger partial charge on any atom is -0.360 e. The number of fused-ring (bicyclic) bond motifs is 1. The molecule has 25 heavy (non-hydrogen) atoms. The van der Waals surface area contributed by atoms with Gasteiger partial charge in [-0.1, -0.05) is 32.0 Å². The second-order valence-corrected chi connectivity index (χ2v) is 5.95. The van der Waals surface area contributed by atoms with Gasteiger partial charge < -0.3 is 4.98 Å². The molecule has 0 saturated carbocycles. The molecule has 0 spiro atoms. The molecule has 1 aromatic carbocycles. The molecule has 0 atom stereocenters. The summed E-state index contributed by atoms with van der Waals surface area (Å²) in [6.45, 7) is 3.55. The fraction of sp³-hybridized carbons (Fsp3) is 0.333. The Labute approximate surface area is 144 Å². The second-order valence-electron chi connectivity index (χ2n) is 5.95. The van der Waals surface area contributed by atoms with E-state index in [4.69, 9.17) is 0 Å². The zero-order chi connectivity index (χ0) is 18.1. The first kappa shape index (κ1) is 16.9. The van der Waals surface area contributed by atoms with E-state index in [0.717, 1.165) is 32.7 Å². The summed E-state index contributed by atoms with van der Waals surface area (Å²) in [5, 5.41) is 0.750. The number of nitrogens with zero attached hydrogens (tertiary/aromatic N) is 2. The fourth-order valence-electron chi connectivity index (χ4n) is 3.08. The van der Waals surface area contributed by atoms with Crippen LogP contribution < -0.4 is 0 Å². The normalized spacial score (nSPS) is 14.9. The monoisotopic (exact) mass is 341 g/mol. The molecule has 7 nitrogen and oxygen atoms in total. The summed E-state index contributed by atoms with van der Waals surface area (Å²) in [5.74, 6) is -2.19. The molecular weight excluding hydrogens is 322 g/mol. The molecule has 3 rings (SSSR count). The maximum absolute atomic E-state index is 12.6. The van der Waals surface area contributed by atoms with Crippen molar-refractivity contribution in [1.29, 1.82) is 0 Å². The standard InChI is InChI=1S/C18H19N3O4/c1-3-8-20-16(23)17(24)21(18(20)25)10-14(22)13-9-19-15-11(4-2)6-5-7-12(13)15/h5-7,9,19H,3-4,8,10H2,1-2H3. The van der Waals surface area contributed by atoms with Gasteiger partial charge in [-0.2, -0.15) is 0 Å². The van der Waals surface area contributed by atoms with Crippen LogP contribution in [0.1, 0.15) is 36.2 Å². The molecule has 0 aliphatic carbocycles. The molecular formula is C18H19N3O4. The van der Waals surface area contributed by atoms with E-state index in [-0.39, 0.29) is 12.3 Å². The molecule has 130 valence electrons. The van der Waals surface area contributed by atoms with E-state index in [1.165, 1.54) is 0 Å². The lowest BCUT2D eigenvalue weighted by Crippen LogP contribution is -2.37. The van der Waals surface area contributed by atoms with Gasteiger partial charge in [-0.15, -0.1) is 0 Å². The zero-order valence-corrected chi connectivity index (χ0v) is 14.2. The maximum atomic E-state index is 12.6. The van der Waals surface area contributed by atoms with E-state index in [0.29, 0.717) is 12.0 Å². The van der Waals surface area contributed by atoms with Crippen LogP contribution in [-0.2, 0) is 16.0 Å². The molecule has 1 N–H and O–H groups in total. The first-order valence-corrected chi connectivity index (χ1v) is 8.29. The number of rotatable bonds is 6. The van der Waals surface area contributed by atoms with Crippen molar-refractivity contribution in [3.63, 3.8) is 0 Å². The number of carbonyl (C=O) groups is 4. The number of aromatic amines is 1. The second kappa shape index (κ2) is 6.51. The van der Waals surface area contributed by atoms with Gasteiger partial charge in [0.05, 0.1) is 6.54 Å². The van der Waals surface area contributed by atoms with Crippen LogP contribution >= 0.6 is 0 Å². The van der Waals surface area contributed by atoms with Gasteiger partial charge in [-0.3, -0.25) is 19.3 Å². The van der Waals surface area contributed by atoms with Gasteiger partial charge in [0.25, 0.3) is 0 Å². The molecule has 2 heterocycles. The number of ketones is 1. The van der Waals surface area contributed by atoms with Crippen LogP contribution in [0.4, 0.5) is 4.79 Å². The predicted molar refractivity (Wildman–Crippen MR) is 91.1 cm³/mol. The van der Waals surface area contributed by atoms with Crippen LogP contribution in [0.2, 0.25) is 0 Å². The van der Waals surface area contributed by atoms with Crippen LogP contribution in [0, 0.1) is 0 Å². The summed E-state index contributed by atoms with van der Waals surface area (Å²) in [4.78, 5) is 53.5. The first-order valence-electron chi connectivity index (χ1n) is 8.29. The van der Waals surface area contributed by atoms with Crippen LogP contribution in [0.25, 0.3) is 10.9 Å². The topological polar surface area (TPSA) is 90.6 Å². The number of amides is 4. The van der Waals surface area contributed by atoms with Crippen molar-refractivity contribution in [2.24, 2.45) is 0 Å². The van der Waals surface area contributed by atoms with Crippen molar-refractivity contribution in [2.75, 3.05) is 13.1 Å². The molecule has 1 aromatic heterocycles. The Morgan fingerprint density at radius 1 is 1.08 bits per heavy atom. The summed E-state index contributed by atoms with van der Waals surface area (Å²) >= 11 is 0. The van der Waals surface area contributed by atoms with E-state index in [2.05, 4.69) is 4.98 Å². The number of urea groups is 1. The summed E-state index contributed by atoms with van der Waals surface area (Å²) in [5.41, 5.74) is 2.36. The predicted octanol–water partition coefficient (Wildman–Crippen LogP) is 2.11. The molecule has 1 saturated heterocycles. The van der Waals surface area contributed by atoms with Gasteiger partial charge in [0, 0.05) is 29.2 Å². The molecule has 2 aromatic rings. The lowest BCUT2D eigenvalue weighted by molar-refractivity contribution is -0.143.